The van der Waals surface area contributed by atoms with E-state index in [-0.39, 0.29) is 0 Å². The molecular weight excluding hydrogens is 254 g/mol. The molecule has 0 saturated carbocycles. The van der Waals surface area contributed by atoms with E-state index in [4.69, 9.17) is 5.11 Å². The number of aliphatic hydroxyl groups is 1. The van der Waals surface area contributed by atoms with Gasteiger partial charge in [0.1, 0.15) is 0 Å². The third-order valence-electron chi connectivity index (χ3n) is 4.34. The zero-order chi connectivity index (χ0) is 14.8. The van der Waals surface area contributed by atoms with Crippen LogP contribution in [-0.2, 0) is 6.42 Å². The van der Waals surface area contributed by atoms with Gasteiger partial charge < -0.3 is 15.1 Å². The Morgan fingerprint density at radius 2 is 2.05 bits per heavy atom. The highest BCUT2D eigenvalue weighted by molar-refractivity contribution is 5.88. The van der Waals surface area contributed by atoms with Crippen molar-refractivity contribution in [3.63, 3.8) is 0 Å². The number of hydrogen-bond acceptors (Lipinski definition) is 3. The predicted octanol–water partition coefficient (Wildman–Crippen LogP) is 2.69. The second-order valence-electron chi connectivity index (χ2n) is 5.61. The standard InChI is InChI=1S/C16H23NO3/c1-3-16(20,4-2)11-17-9-5-6-12-10-13(15(18)19)7-8-14(12)17/h7-8,10,20H,3-6,9,11H2,1-2H3,(H,18,19). The number of fused-ring (bicyclic) bond motifs is 1. The lowest BCUT2D eigenvalue weighted by molar-refractivity contribution is 0.0390. The molecule has 1 aliphatic rings. The number of benzene rings is 1. The number of β-amino-alcohol motifs (C(OH)–C–C–N with tert-alkyl or cyclic N) is 1. The van der Waals surface area contributed by atoms with E-state index >= 15 is 0 Å². The first-order valence-electron chi connectivity index (χ1n) is 7.32. The third kappa shape index (κ3) is 2.96. The van der Waals surface area contributed by atoms with Gasteiger partial charge in [0.15, 0.2) is 0 Å². The fraction of sp³-hybridized carbons (Fsp3) is 0.562. The summed E-state index contributed by atoms with van der Waals surface area (Å²) < 4.78 is 0. The number of carboxylic acids is 1. The van der Waals surface area contributed by atoms with Gasteiger partial charge >= 0.3 is 5.97 Å². The van der Waals surface area contributed by atoms with Gasteiger partial charge in [-0.25, -0.2) is 4.79 Å². The van der Waals surface area contributed by atoms with Crippen LogP contribution in [0.25, 0.3) is 0 Å². The molecule has 0 aliphatic carbocycles. The van der Waals surface area contributed by atoms with Crippen LogP contribution in [0.3, 0.4) is 0 Å². The molecule has 0 spiro atoms. The molecule has 0 unspecified atom stereocenters. The molecule has 1 heterocycles. The lowest BCUT2D eigenvalue weighted by atomic mass is 9.93. The van der Waals surface area contributed by atoms with Gasteiger partial charge in [0.2, 0.25) is 0 Å². The first kappa shape index (κ1) is 14.9. The summed E-state index contributed by atoms with van der Waals surface area (Å²) in [6.07, 6.45) is 3.36. The Balaban J connectivity index is 2.27. The summed E-state index contributed by atoms with van der Waals surface area (Å²) in [5.41, 5.74) is 1.82. The molecule has 110 valence electrons. The van der Waals surface area contributed by atoms with Crippen LogP contribution in [0.4, 0.5) is 5.69 Å². The molecule has 0 atom stereocenters. The Morgan fingerprint density at radius 1 is 1.35 bits per heavy atom. The summed E-state index contributed by atoms with van der Waals surface area (Å²) in [5, 5.41) is 19.6. The molecule has 0 fully saturated rings. The molecule has 1 aromatic rings. The van der Waals surface area contributed by atoms with Crippen molar-refractivity contribution in [2.45, 2.75) is 45.1 Å². The molecule has 2 N–H and O–H groups in total. The zero-order valence-electron chi connectivity index (χ0n) is 12.2. The number of anilines is 1. The highest BCUT2D eigenvalue weighted by Gasteiger charge is 2.28. The number of rotatable bonds is 5. The van der Waals surface area contributed by atoms with Gasteiger partial charge in [0.25, 0.3) is 0 Å². The van der Waals surface area contributed by atoms with Crippen molar-refractivity contribution >= 4 is 11.7 Å². The second kappa shape index (κ2) is 5.83. The van der Waals surface area contributed by atoms with E-state index in [0.717, 1.165) is 43.5 Å². The molecule has 20 heavy (non-hydrogen) atoms. The van der Waals surface area contributed by atoms with Crippen molar-refractivity contribution in [2.75, 3.05) is 18.0 Å². The summed E-state index contributed by atoms with van der Waals surface area (Å²) >= 11 is 0. The Morgan fingerprint density at radius 3 is 2.65 bits per heavy atom. The fourth-order valence-electron chi connectivity index (χ4n) is 2.80. The molecule has 0 radical (unpaired) electrons. The molecular formula is C16H23NO3. The van der Waals surface area contributed by atoms with Crippen LogP contribution in [0.5, 0.6) is 0 Å². The SMILES string of the molecule is CCC(O)(CC)CN1CCCc2cc(C(=O)O)ccc21. The second-order valence-corrected chi connectivity index (χ2v) is 5.61. The van der Waals surface area contributed by atoms with Gasteiger partial charge in [-0.1, -0.05) is 13.8 Å². The molecule has 4 heteroatoms. The van der Waals surface area contributed by atoms with E-state index in [2.05, 4.69) is 4.90 Å². The first-order valence-corrected chi connectivity index (χ1v) is 7.32. The quantitative estimate of drug-likeness (QED) is 0.868. The van der Waals surface area contributed by atoms with Gasteiger partial charge in [-0.2, -0.15) is 0 Å². The maximum atomic E-state index is 11.0. The van der Waals surface area contributed by atoms with Gasteiger partial charge in [-0.15, -0.1) is 0 Å². The maximum Gasteiger partial charge on any atom is 0.335 e. The lowest BCUT2D eigenvalue weighted by Gasteiger charge is -2.38. The maximum absolute atomic E-state index is 11.0. The monoisotopic (exact) mass is 277 g/mol. The Bertz CT molecular complexity index is 494. The fourth-order valence-corrected chi connectivity index (χ4v) is 2.80. The summed E-state index contributed by atoms with van der Waals surface area (Å²) in [5.74, 6) is -0.886. The van der Waals surface area contributed by atoms with Crippen LogP contribution in [0, 0.1) is 0 Å². The molecule has 1 aromatic carbocycles. The highest BCUT2D eigenvalue weighted by Crippen LogP contribution is 2.30. The van der Waals surface area contributed by atoms with Crippen molar-refractivity contribution in [3.8, 4) is 0 Å². The topological polar surface area (TPSA) is 60.8 Å². The van der Waals surface area contributed by atoms with Crippen molar-refractivity contribution < 1.29 is 15.0 Å². The number of carbonyl (C=O) groups is 1. The lowest BCUT2D eigenvalue weighted by Crippen LogP contribution is -2.44. The number of aromatic carboxylic acids is 1. The normalized spacial score (nSPS) is 15.1. The smallest absolute Gasteiger partial charge is 0.335 e. The van der Waals surface area contributed by atoms with E-state index < -0.39 is 11.6 Å². The Hall–Kier alpha value is -1.55. The number of nitrogens with zero attached hydrogens (tertiary/aromatic N) is 1. The van der Waals surface area contributed by atoms with E-state index in [1.165, 1.54) is 0 Å². The summed E-state index contributed by atoms with van der Waals surface area (Å²) in [6.45, 7) is 5.53. The van der Waals surface area contributed by atoms with Crippen LogP contribution in [0.15, 0.2) is 18.2 Å². The predicted molar refractivity (Wildman–Crippen MR) is 79.5 cm³/mol. The van der Waals surface area contributed by atoms with Gasteiger partial charge in [-0.05, 0) is 49.4 Å². The average molecular weight is 277 g/mol. The summed E-state index contributed by atoms with van der Waals surface area (Å²) in [7, 11) is 0. The number of aryl methyl sites for hydroxylation is 1. The molecule has 0 aromatic heterocycles. The highest BCUT2D eigenvalue weighted by atomic mass is 16.4. The van der Waals surface area contributed by atoms with Gasteiger partial charge in [0, 0.05) is 18.8 Å². The van der Waals surface area contributed by atoms with Crippen LogP contribution in [0.1, 0.15) is 49.0 Å². The summed E-state index contributed by atoms with van der Waals surface area (Å²) in [4.78, 5) is 13.2. The van der Waals surface area contributed by atoms with Crippen molar-refractivity contribution in [1.82, 2.24) is 0 Å². The first-order chi connectivity index (χ1) is 9.49. The minimum atomic E-state index is -0.886. The number of hydrogen-bond donors (Lipinski definition) is 2. The molecule has 0 bridgehead atoms. The van der Waals surface area contributed by atoms with Crippen molar-refractivity contribution in [3.05, 3.63) is 29.3 Å². The molecule has 0 amide bonds. The van der Waals surface area contributed by atoms with Crippen LogP contribution in [0.2, 0.25) is 0 Å². The Kier molecular flexibility index (Phi) is 4.33. The third-order valence-corrected chi connectivity index (χ3v) is 4.34. The van der Waals surface area contributed by atoms with Crippen molar-refractivity contribution in [1.29, 1.82) is 0 Å². The van der Waals surface area contributed by atoms with E-state index in [1.807, 2.05) is 19.9 Å². The van der Waals surface area contributed by atoms with E-state index in [1.54, 1.807) is 12.1 Å². The van der Waals surface area contributed by atoms with Gasteiger partial charge in [-0.3, -0.25) is 0 Å². The minimum absolute atomic E-state index is 0.340. The van der Waals surface area contributed by atoms with Gasteiger partial charge in [0.05, 0.1) is 11.2 Å². The number of carboxylic acid groups (broad SMARTS) is 1. The van der Waals surface area contributed by atoms with Crippen LogP contribution >= 0.6 is 0 Å². The minimum Gasteiger partial charge on any atom is -0.478 e. The Labute approximate surface area is 120 Å². The van der Waals surface area contributed by atoms with E-state index in [9.17, 15) is 9.90 Å². The van der Waals surface area contributed by atoms with Crippen LogP contribution in [-0.4, -0.2) is 34.9 Å². The van der Waals surface area contributed by atoms with Crippen molar-refractivity contribution in [2.24, 2.45) is 0 Å². The van der Waals surface area contributed by atoms with E-state index in [0.29, 0.717) is 12.1 Å². The molecule has 0 saturated heterocycles. The summed E-state index contributed by atoms with van der Waals surface area (Å²) in [6, 6.07) is 5.29. The molecule has 2 rings (SSSR count). The zero-order valence-corrected chi connectivity index (χ0v) is 12.2. The molecule has 4 nitrogen and oxygen atoms in total. The largest absolute Gasteiger partial charge is 0.478 e. The van der Waals surface area contributed by atoms with Crippen LogP contribution < -0.4 is 4.90 Å². The average Bonchev–Trinajstić information content (AvgIpc) is 2.46. The molecule has 1 aliphatic heterocycles.